The van der Waals surface area contributed by atoms with Crippen molar-refractivity contribution in [2.45, 2.75) is 57.5 Å². The lowest BCUT2D eigenvalue weighted by Crippen LogP contribution is -2.20. The fraction of sp³-hybridized carbons (Fsp3) is 0.435. The maximum atomic E-state index is 14.5. The molecule has 0 radical (unpaired) electrons. The van der Waals surface area contributed by atoms with E-state index in [1.54, 1.807) is 12.1 Å². The van der Waals surface area contributed by atoms with Crippen LogP contribution in [-0.4, -0.2) is 5.78 Å². The van der Waals surface area contributed by atoms with Gasteiger partial charge in [-0.25, -0.2) is 8.78 Å². The molecule has 1 atom stereocenters. The number of benzene rings is 2. The van der Waals surface area contributed by atoms with E-state index in [1.807, 2.05) is 31.2 Å². The first-order valence-corrected chi connectivity index (χ1v) is 9.58. The molecule has 0 amide bonds. The molecule has 1 aliphatic rings. The Labute approximate surface area is 154 Å². The Morgan fingerprint density at radius 3 is 2.19 bits per heavy atom. The molecule has 138 valence electrons. The molecule has 1 fully saturated rings. The number of hydrogen-bond acceptors (Lipinski definition) is 1. The average molecular weight is 356 g/mol. The molecule has 0 aromatic heterocycles. The minimum atomic E-state index is -1.09. The number of halogens is 2. The van der Waals surface area contributed by atoms with E-state index in [4.69, 9.17) is 0 Å². The second kappa shape index (κ2) is 8.57. The van der Waals surface area contributed by atoms with Crippen molar-refractivity contribution >= 4 is 5.78 Å². The second-order valence-corrected chi connectivity index (χ2v) is 7.33. The minimum absolute atomic E-state index is 0.237. The zero-order chi connectivity index (χ0) is 18.5. The first kappa shape index (κ1) is 18.8. The summed E-state index contributed by atoms with van der Waals surface area (Å²) in [6, 6.07) is 13.8. The topological polar surface area (TPSA) is 17.1 Å². The molecule has 0 bridgehead atoms. The Kier molecular flexibility index (Phi) is 6.18. The van der Waals surface area contributed by atoms with Gasteiger partial charge in [0.2, 0.25) is 0 Å². The fourth-order valence-electron chi connectivity index (χ4n) is 3.96. The van der Waals surface area contributed by atoms with Gasteiger partial charge in [-0.3, -0.25) is 4.79 Å². The number of alkyl halides is 1. The molecule has 0 N–H and O–H groups in total. The van der Waals surface area contributed by atoms with Crippen LogP contribution in [0.15, 0.2) is 48.5 Å². The predicted molar refractivity (Wildman–Crippen MR) is 100 cm³/mol. The number of carbonyl (C=O) groups excluding carboxylic acids is 1. The quantitative estimate of drug-likeness (QED) is 0.591. The van der Waals surface area contributed by atoms with Crippen LogP contribution in [0.5, 0.6) is 0 Å². The predicted octanol–water partition coefficient (Wildman–Crippen LogP) is 6.33. The molecule has 3 rings (SSSR count). The van der Waals surface area contributed by atoms with Crippen LogP contribution >= 0.6 is 0 Å². The molecule has 1 saturated carbocycles. The maximum Gasteiger partial charge on any atom is 0.135 e. The molecular formula is C23H26F2O. The molecule has 26 heavy (non-hydrogen) atoms. The second-order valence-electron chi connectivity index (χ2n) is 7.33. The Bertz CT molecular complexity index is 713. The van der Waals surface area contributed by atoms with Gasteiger partial charge in [-0.15, -0.1) is 0 Å². The van der Waals surface area contributed by atoms with Crippen LogP contribution in [0.4, 0.5) is 8.78 Å². The van der Waals surface area contributed by atoms with E-state index in [2.05, 4.69) is 0 Å². The summed E-state index contributed by atoms with van der Waals surface area (Å²) in [5.74, 6) is 0.797. The smallest absolute Gasteiger partial charge is 0.135 e. The molecule has 1 nitrogen and oxygen atoms in total. The fourth-order valence-corrected chi connectivity index (χ4v) is 3.96. The summed E-state index contributed by atoms with van der Waals surface area (Å²) < 4.78 is 27.5. The number of Topliss-reactive ketones (excluding diaryl/α,β-unsaturated/α-hetero) is 1. The van der Waals surface area contributed by atoms with Crippen LogP contribution in [0.2, 0.25) is 0 Å². The van der Waals surface area contributed by atoms with Crippen LogP contribution < -0.4 is 0 Å². The van der Waals surface area contributed by atoms with Crippen molar-refractivity contribution < 1.29 is 13.6 Å². The molecular weight excluding hydrogens is 330 g/mol. The summed E-state index contributed by atoms with van der Waals surface area (Å²) in [6.45, 7) is 1.94. The molecule has 0 aliphatic heterocycles. The molecule has 0 heterocycles. The van der Waals surface area contributed by atoms with Crippen molar-refractivity contribution in [3.63, 3.8) is 0 Å². The van der Waals surface area contributed by atoms with Crippen LogP contribution in [0, 0.1) is 11.7 Å². The Balaban J connectivity index is 1.58. The van der Waals surface area contributed by atoms with Crippen molar-refractivity contribution in [1.82, 2.24) is 0 Å². The van der Waals surface area contributed by atoms with Gasteiger partial charge in [0.1, 0.15) is 17.8 Å². The molecule has 2 aromatic rings. The van der Waals surface area contributed by atoms with Crippen molar-refractivity contribution in [3.05, 3.63) is 71.0 Å². The van der Waals surface area contributed by atoms with Gasteiger partial charge in [-0.05, 0) is 60.4 Å². The van der Waals surface area contributed by atoms with Gasteiger partial charge < -0.3 is 0 Å². The van der Waals surface area contributed by atoms with E-state index in [1.165, 1.54) is 17.7 Å². The Morgan fingerprint density at radius 1 is 1.00 bits per heavy atom. The highest BCUT2D eigenvalue weighted by atomic mass is 19.1. The van der Waals surface area contributed by atoms with Crippen LogP contribution in [-0.2, 0) is 11.2 Å². The van der Waals surface area contributed by atoms with E-state index in [9.17, 15) is 13.6 Å². The van der Waals surface area contributed by atoms with E-state index in [0.717, 1.165) is 31.2 Å². The van der Waals surface area contributed by atoms with Crippen molar-refractivity contribution in [2.75, 3.05) is 0 Å². The third kappa shape index (κ3) is 4.57. The van der Waals surface area contributed by atoms with Gasteiger partial charge in [0.15, 0.2) is 0 Å². The van der Waals surface area contributed by atoms with Gasteiger partial charge in [0.25, 0.3) is 0 Å². The first-order chi connectivity index (χ1) is 12.6. The molecule has 1 aliphatic carbocycles. The average Bonchev–Trinajstić information content (AvgIpc) is 2.69. The van der Waals surface area contributed by atoms with Gasteiger partial charge in [0.05, 0.1) is 0 Å². The zero-order valence-electron chi connectivity index (χ0n) is 15.3. The summed E-state index contributed by atoms with van der Waals surface area (Å²) in [5, 5.41) is 0. The summed E-state index contributed by atoms with van der Waals surface area (Å²) in [4.78, 5) is 11.8. The summed E-state index contributed by atoms with van der Waals surface area (Å²) >= 11 is 0. The van der Waals surface area contributed by atoms with E-state index in [0.29, 0.717) is 23.7 Å². The van der Waals surface area contributed by atoms with Gasteiger partial charge in [-0.1, -0.05) is 43.3 Å². The third-order valence-electron chi connectivity index (χ3n) is 5.63. The largest absolute Gasteiger partial charge is 0.299 e. The van der Waals surface area contributed by atoms with E-state index >= 15 is 0 Å². The van der Waals surface area contributed by atoms with Crippen LogP contribution in [0.1, 0.15) is 67.8 Å². The SMILES string of the molecule is CCC(=O)C1CCC(c2ccc(C(F)Cc3ccc(F)cc3)cc2)CC1. The summed E-state index contributed by atoms with van der Waals surface area (Å²) in [5.41, 5.74) is 2.69. The zero-order valence-corrected chi connectivity index (χ0v) is 15.3. The number of ketones is 1. The van der Waals surface area contributed by atoms with Crippen LogP contribution in [0.25, 0.3) is 0 Å². The van der Waals surface area contributed by atoms with E-state index in [-0.39, 0.29) is 18.2 Å². The number of hydrogen-bond donors (Lipinski definition) is 0. The summed E-state index contributed by atoms with van der Waals surface area (Å²) in [7, 11) is 0. The minimum Gasteiger partial charge on any atom is -0.299 e. The lowest BCUT2D eigenvalue weighted by Gasteiger charge is -2.28. The standard InChI is InChI=1S/C23H26F2O/c1-2-23(26)20-11-7-18(8-12-20)17-5-9-19(10-6-17)22(25)15-16-3-13-21(24)14-4-16/h3-6,9-10,13-14,18,20,22H,2,7-8,11-12,15H2,1H3. The van der Waals surface area contributed by atoms with Gasteiger partial charge in [0, 0.05) is 18.8 Å². The Hall–Kier alpha value is -2.03. The molecule has 0 spiro atoms. The number of rotatable bonds is 6. The molecule has 3 heteroatoms. The third-order valence-corrected chi connectivity index (χ3v) is 5.63. The maximum absolute atomic E-state index is 14.5. The van der Waals surface area contributed by atoms with Gasteiger partial charge >= 0.3 is 0 Å². The highest BCUT2D eigenvalue weighted by Crippen LogP contribution is 2.37. The van der Waals surface area contributed by atoms with Gasteiger partial charge in [-0.2, -0.15) is 0 Å². The highest BCUT2D eigenvalue weighted by molar-refractivity contribution is 5.80. The van der Waals surface area contributed by atoms with Crippen molar-refractivity contribution in [3.8, 4) is 0 Å². The molecule has 1 unspecified atom stereocenters. The van der Waals surface area contributed by atoms with Crippen molar-refractivity contribution in [1.29, 1.82) is 0 Å². The first-order valence-electron chi connectivity index (χ1n) is 9.58. The molecule has 2 aromatic carbocycles. The van der Waals surface area contributed by atoms with Crippen molar-refractivity contribution in [2.24, 2.45) is 5.92 Å². The molecule has 0 saturated heterocycles. The Morgan fingerprint density at radius 2 is 1.62 bits per heavy atom. The van der Waals surface area contributed by atoms with E-state index < -0.39 is 6.17 Å². The number of carbonyl (C=O) groups is 1. The van der Waals surface area contributed by atoms with Crippen LogP contribution in [0.3, 0.4) is 0 Å². The monoisotopic (exact) mass is 356 g/mol. The summed E-state index contributed by atoms with van der Waals surface area (Å²) in [6.07, 6.45) is 3.80. The lowest BCUT2D eigenvalue weighted by molar-refractivity contribution is -0.123. The highest BCUT2D eigenvalue weighted by Gasteiger charge is 2.26. The normalized spacial score (nSPS) is 21.3. The lowest BCUT2D eigenvalue weighted by atomic mass is 9.76.